The van der Waals surface area contributed by atoms with Crippen molar-refractivity contribution in [2.24, 2.45) is 10.9 Å². The number of aliphatic imine (C=N–C) groups is 1. The van der Waals surface area contributed by atoms with E-state index in [4.69, 9.17) is 4.74 Å². The molecule has 0 aliphatic carbocycles. The van der Waals surface area contributed by atoms with Gasteiger partial charge in [0.2, 0.25) is 0 Å². The van der Waals surface area contributed by atoms with Crippen molar-refractivity contribution in [2.75, 3.05) is 39.9 Å². The molecule has 1 N–H and O–H groups in total. The molecule has 0 bridgehead atoms. The Morgan fingerprint density at radius 1 is 1.23 bits per heavy atom. The molecule has 2 aliphatic rings. The maximum atomic E-state index is 5.65. The predicted molar refractivity (Wildman–Crippen MR) is 123 cm³/mol. The number of nitrogens with zero attached hydrogens (tertiary/aromatic N) is 2. The molecular formula is C20H31BrIN3O. The van der Waals surface area contributed by atoms with E-state index in [9.17, 15) is 0 Å². The molecule has 6 heteroatoms. The highest BCUT2D eigenvalue weighted by molar-refractivity contribution is 14.0. The molecule has 0 spiro atoms. The van der Waals surface area contributed by atoms with Crippen LogP contribution in [0, 0.1) is 5.92 Å². The molecule has 0 unspecified atom stereocenters. The summed E-state index contributed by atoms with van der Waals surface area (Å²) in [6.07, 6.45) is 4.62. The molecular weight excluding hydrogens is 505 g/mol. The first-order valence-electron chi connectivity index (χ1n) is 9.42. The van der Waals surface area contributed by atoms with E-state index >= 15 is 0 Å². The largest absolute Gasteiger partial charge is 0.381 e. The van der Waals surface area contributed by atoms with Gasteiger partial charge in [0.05, 0.1) is 0 Å². The first-order chi connectivity index (χ1) is 12.1. The lowest BCUT2D eigenvalue weighted by atomic mass is 9.74. The van der Waals surface area contributed by atoms with Crippen LogP contribution in [0.1, 0.15) is 38.2 Å². The van der Waals surface area contributed by atoms with Crippen LogP contribution in [0.5, 0.6) is 0 Å². The van der Waals surface area contributed by atoms with Gasteiger partial charge < -0.3 is 15.0 Å². The first-order valence-corrected chi connectivity index (χ1v) is 10.2. The van der Waals surface area contributed by atoms with Gasteiger partial charge >= 0.3 is 0 Å². The maximum Gasteiger partial charge on any atom is 0.193 e. The van der Waals surface area contributed by atoms with Gasteiger partial charge in [-0.15, -0.1) is 24.0 Å². The number of benzene rings is 1. The van der Waals surface area contributed by atoms with Crippen LogP contribution in [0.25, 0.3) is 0 Å². The van der Waals surface area contributed by atoms with Crippen LogP contribution >= 0.6 is 39.9 Å². The summed E-state index contributed by atoms with van der Waals surface area (Å²) in [5, 5.41) is 3.69. The summed E-state index contributed by atoms with van der Waals surface area (Å²) in [6.45, 7) is 7.13. The third kappa shape index (κ3) is 5.35. The Bertz CT molecular complexity index is 579. The van der Waals surface area contributed by atoms with E-state index in [1.807, 2.05) is 7.05 Å². The molecule has 0 atom stereocenters. The van der Waals surface area contributed by atoms with Crippen molar-refractivity contribution in [1.29, 1.82) is 0 Å². The Morgan fingerprint density at radius 3 is 2.42 bits per heavy atom. The summed E-state index contributed by atoms with van der Waals surface area (Å²) in [6, 6.07) is 8.80. The normalized spacial score (nSPS) is 21.2. The maximum absolute atomic E-state index is 5.65. The van der Waals surface area contributed by atoms with Crippen LogP contribution < -0.4 is 5.32 Å². The van der Waals surface area contributed by atoms with Gasteiger partial charge in [0, 0.05) is 49.8 Å². The highest BCUT2D eigenvalue weighted by atomic mass is 127. The lowest BCUT2D eigenvalue weighted by Crippen LogP contribution is -2.51. The van der Waals surface area contributed by atoms with Crippen LogP contribution in [-0.4, -0.2) is 50.8 Å². The molecule has 1 aromatic carbocycles. The molecule has 0 amide bonds. The minimum atomic E-state index is 0. The lowest BCUT2D eigenvalue weighted by Gasteiger charge is -2.40. The van der Waals surface area contributed by atoms with Gasteiger partial charge in [-0.05, 0) is 49.3 Å². The highest BCUT2D eigenvalue weighted by Crippen LogP contribution is 2.35. The Kier molecular flexibility index (Phi) is 8.67. The van der Waals surface area contributed by atoms with E-state index in [0.29, 0.717) is 0 Å². The number of piperidine rings is 1. The van der Waals surface area contributed by atoms with Crippen molar-refractivity contribution in [2.45, 2.75) is 38.0 Å². The van der Waals surface area contributed by atoms with Crippen molar-refractivity contribution in [3.8, 4) is 0 Å². The molecule has 2 aliphatic heterocycles. The van der Waals surface area contributed by atoms with Gasteiger partial charge in [0.1, 0.15) is 0 Å². The number of ether oxygens (including phenoxy) is 1. The fraction of sp³-hybridized carbons (Fsp3) is 0.650. The molecule has 0 aromatic heterocycles. The summed E-state index contributed by atoms with van der Waals surface area (Å²) in [7, 11) is 1.90. The summed E-state index contributed by atoms with van der Waals surface area (Å²) in [5.74, 6) is 1.88. The number of hydrogen-bond acceptors (Lipinski definition) is 2. The van der Waals surface area contributed by atoms with E-state index < -0.39 is 0 Å². The molecule has 2 heterocycles. The minimum Gasteiger partial charge on any atom is -0.381 e. The number of likely N-dealkylation sites (tertiary alicyclic amines) is 1. The van der Waals surface area contributed by atoms with Crippen LogP contribution in [-0.2, 0) is 10.2 Å². The zero-order chi connectivity index (χ0) is 17.7. The molecule has 26 heavy (non-hydrogen) atoms. The van der Waals surface area contributed by atoms with Crippen molar-refractivity contribution in [3.05, 3.63) is 34.3 Å². The van der Waals surface area contributed by atoms with Crippen molar-refractivity contribution < 1.29 is 4.74 Å². The zero-order valence-corrected chi connectivity index (χ0v) is 19.8. The first kappa shape index (κ1) is 22.0. The second-order valence-corrected chi connectivity index (χ2v) is 8.39. The third-order valence-corrected chi connectivity index (χ3v) is 6.32. The minimum absolute atomic E-state index is 0. The lowest BCUT2D eigenvalue weighted by molar-refractivity contribution is 0.0511. The van der Waals surface area contributed by atoms with Crippen molar-refractivity contribution >= 4 is 45.9 Å². The van der Waals surface area contributed by atoms with Gasteiger partial charge in [-0.2, -0.15) is 0 Å². The van der Waals surface area contributed by atoms with E-state index in [1.165, 1.54) is 18.4 Å². The predicted octanol–water partition coefficient (Wildman–Crippen LogP) is 4.42. The zero-order valence-electron chi connectivity index (χ0n) is 15.8. The van der Waals surface area contributed by atoms with E-state index in [0.717, 1.165) is 62.0 Å². The summed E-state index contributed by atoms with van der Waals surface area (Å²) >= 11 is 3.55. The smallest absolute Gasteiger partial charge is 0.193 e. The van der Waals surface area contributed by atoms with Gasteiger partial charge in [0.25, 0.3) is 0 Å². The topological polar surface area (TPSA) is 36.9 Å². The van der Waals surface area contributed by atoms with Gasteiger partial charge in [-0.3, -0.25) is 4.99 Å². The molecule has 2 saturated heterocycles. The Morgan fingerprint density at radius 2 is 1.85 bits per heavy atom. The molecule has 4 nitrogen and oxygen atoms in total. The molecule has 2 fully saturated rings. The molecule has 3 rings (SSSR count). The molecule has 1 aromatic rings. The number of halogens is 2. The number of hydrogen-bond donors (Lipinski definition) is 1. The monoisotopic (exact) mass is 535 g/mol. The summed E-state index contributed by atoms with van der Waals surface area (Å²) in [5.41, 5.74) is 1.52. The second-order valence-electron chi connectivity index (χ2n) is 7.47. The van der Waals surface area contributed by atoms with Crippen LogP contribution in [0.15, 0.2) is 33.7 Å². The highest BCUT2D eigenvalue weighted by Gasteiger charge is 2.35. The standard InChI is InChI=1S/C20H30BrN3O.HI/c1-16-7-11-24(12-8-16)19(22-2)23-15-20(9-13-25-14-10-20)17-3-5-18(21)6-4-17;/h3-6,16H,7-15H2,1-2H3,(H,22,23);1H. The second kappa shape index (κ2) is 10.3. The van der Waals surface area contributed by atoms with Gasteiger partial charge in [-0.1, -0.05) is 35.0 Å². The summed E-state index contributed by atoms with van der Waals surface area (Å²) < 4.78 is 6.78. The van der Waals surface area contributed by atoms with E-state index in [-0.39, 0.29) is 29.4 Å². The van der Waals surface area contributed by atoms with Gasteiger partial charge in [0.15, 0.2) is 5.96 Å². The summed E-state index contributed by atoms with van der Waals surface area (Å²) in [4.78, 5) is 6.96. The Balaban J connectivity index is 0.00000243. The number of guanidine groups is 1. The average Bonchev–Trinajstić information content (AvgIpc) is 2.65. The molecule has 146 valence electrons. The van der Waals surface area contributed by atoms with Crippen LogP contribution in [0.2, 0.25) is 0 Å². The molecule has 0 saturated carbocycles. The van der Waals surface area contributed by atoms with E-state index in [2.05, 4.69) is 62.3 Å². The van der Waals surface area contributed by atoms with Crippen LogP contribution in [0.4, 0.5) is 0 Å². The number of rotatable bonds is 3. The Labute approximate surface area is 183 Å². The number of nitrogens with one attached hydrogen (secondary N) is 1. The average molecular weight is 536 g/mol. The SMILES string of the molecule is CN=C(NCC1(c2ccc(Br)cc2)CCOCC1)N1CCC(C)CC1.I. The quantitative estimate of drug-likeness (QED) is 0.353. The fourth-order valence-electron chi connectivity index (χ4n) is 3.93. The van der Waals surface area contributed by atoms with Crippen molar-refractivity contribution in [3.63, 3.8) is 0 Å². The Hall–Kier alpha value is -0.340. The fourth-order valence-corrected chi connectivity index (χ4v) is 4.20. The van der Waals surface area contributed by atoms with Crippen molar-refractivity contribution in [1.82, 2.24) is 10.2 Å². The third-order valence-electron chi connectivity index (χ3n) is 5.79. The molecule has 0 radical (unpaired) electrons. The van der Waals surface area contributed by atoms with Gasteiger partial charge in [-0.25, -0.2) is 0 Å². The van der Waals surface area contributed by atoms with Crippen LogP contribution in [0.3, 0.4) is 0 Å². The van der Waals surface area contributed by atoms with E-state index in [1.54, 1.807) is 0 Å².